The standard InChI is InChI=1S/C24H27N3O5/c1-5-27(14-23(28)25-21-8-6-7-9-22(21)30-4)24(29)18-10-12-19(13-11-18)31-15-20-16(2)26-32-17(20)3/h6-13H,5,14-15H2,1-4H3,(H,25,28). The average molecular weight is 437 g/mol. The van der Waals surface area contributed by atoms with E-state index in [0.717, 1.165) is 17.0 Å². The summed E-state index contributed by atoms with van der Waals surface area (Å²) in [5, 5.41) is 6.70. The zero-order valence-corrected chi connectivity index (χ0v) is 18.7. The summed E-state index contributed by atoms with van der Waals surface area (Å²) < 4.78 is 16.2. The van der Waals surface area contributed by atoms with Crippen molar-refractivity contribution in [3.8, 4) is 11.5 Å². The molecule has 0 saturated heterocycles. The lowest BCUT2D eigenvalue weighted by molar-refractivity contribution is -0.116. The molecule has 0 radical (unpaired) electrons. The monoisotopic (exact) mass is 437 g/mol. The first-order valence-electron chi connectivity index (χ1n) is 10.3. The highest BCUT2D eigenvalue weighted by Gasteiger charge is 2.18. The molecule has 8 nitrogen and oxygen atoms in total. The van der Waals surface area contributed by atoms with Gasteiger partial charge < -0.3 is 24.2 Å². The van der Waals surface area contributed by atoms with Crippen molar-refractivity contribution in [1.82, 2.24) is 10.1 Å². The number of rotatable bonds is 9. The topological polar surface area (TPSA) is 93.9 Å². The van der Waals surface area contributed by atoms with E-state index in [1.807, 2.05) is 26.8 Å². The van der Waals surface area contributed by atoms with Crippen molar-refractivity contribution in [2.24, 2.45) is 0 Å². The van der Waals surface area contributed by atoms with E-state index >= 15 is 0 Å². The van der Waals surface area contributed by atoms with Crippen LogP contribution in [0, 0.1) is 13.8 Å². The van der Waals surface area contributed by atoms with Crippen LogP contribution in [0.15, 0.2) is 53.1 Å². The Morgan fingerprint density at radius 2 is 1.81 bits per heavy atom. The molecule has 0 fully saturated rings. The van der Waals surface area contributed by atoms with E-state index in [1.54, 1.807) is 42.5 Å². The Hall–Kier alpha value is -3.81. The lowest BCUT2D eigenvalue weighted by Gasteiger charge is -2.21. The van der Waals surface area contributed by atoms with Crippen molar-refractivity contribution in [2.45, 2.75) is 27.4 Å². The first-order chi connectivity index (χ1) is 15.4. The van der Waals surface area contributed by atoms with Gasteiger partial charge in [0.25, 0.3) is 5.91 Å². The number of carbonyl (C=O) groups is 2. The maximum absolute atomic E-state index is 12.9. The molecule has 8 heteroatoms. The Balaban J connectivity index is 1.60. The molecule has 0 aliphatic heterocycles. The predicted octanol–water partition coefficient (Wildman–Crippen LogP) is 3.98. The van der Waals surface area contributed by atoms with Crippen molar-refractivity contribution < 1.29 is 23.6 Å². The Morgan fingerprint density at radius 3 is 2.44 bits per heavy atom. The van der Waals surface area contributed by atoms with Crippen molar-refractivity contribution in [3.05, 3.63) is 71.1 Å². The van der Waals surface area contributed by atoms with Gasteiger partial charge in [-0.05, 0) is 57.2 Å². The SMILES string of the molecule is CCN(CC(=O)Nc1ccccc1OC)C(=O)c1ccc(OCc2c(C)noc2C)cc1. The number of anilines is 1. The van der Waals surface area contributed by atoms with Crippen LogP contribution in [0.4, 0.5) is 5.69 Å². The molecular weight excluding hydrogens is 410 g/mol. The van der Waals surface area contributed by atoms with Gasteiger partial charge in [0.05, 0.1) is 24.1 Å². The fourth-order valence-corrected chi connectivity index (χ4v) is 3.18. The lowest BCUT2D eigenvalue weighted by Crippen LogP contribution is -2.37. The molecule has 1 heterocycles. The Morgan fingerprint density at radius 1 is 1.09 bits per heavy atom. The van der Waals surface area contributed by atoms with Gasteiger partial charge in [0.15, 0.2) is 0 Å². The van der Waals surface area contributed by atoms with Gasteiger partial charge in [-0.2, -0.15) is 0 Å². The average Bonchev–Trinajstić information content (AvgIpc) is 3.13. The van der Waals surface area contributed by atoms with Gasteiger partial charge in [-0.3, -0.25) is 9.59 Å². The molecule has 0 aliphatic rings. The van der Waals surface area contributed by atoms with Gasteiger partial charge in [-0.1, -0.05) is 17.3 Å². The smallest absolute Gasteiger partial charge is 0.254 e. The van der Waals surface area contributed by atoms with E-state index in [4.69, 9.17) is 14.0 Å². The summed E-state index contributed by atoms with van der Waals surface area (Å²) in [4.78, 5) is 26.9. The van der Waals surface area contributed by atoms with Crippen LogP contribution < -0.4 is 14.8 Å². The summed E-state index contributed by atoms with van der Waals surface area (Å²) in [6, 6.07) is 14.0. The fraction of sp³-hybridized carbons (Fsp3) is 0.292. The van der Waals surface area contributed by atoms with Crippen molar-refractivity contribution in [3.63, 3.8) is 0 Å². The van der Waals surface area contributed by atoms with E-state index in [-0.39, 0.29) is 18.4 Å². The third kappa shape index (κ3) is 5.46. The van der Waals surface area contributed by atoms with Gasteiger partial charge >= 0.3 is 0 Å². The summed E-state index contributed by atoms with van der Waals surface area (Å²) in [6.45, 7) is 6.18. The number of aromatic nitrogens is 1. The van der Waals surface area contributed by atoms with Crippen LogP contribution in [0.25, 0.3) is 0 Å². The summed E-state index contributed by atoms with van der Waals surface area (Å²) in [5.41, 5.74) is 2.73. The maximum Gasteiger partial charge on any atom is 0.254 e. The summed E-state index contributed by atoms with van der Waals surface area (Å²) >= 11 is 0. The van der Waals surface area contributed by atoms with Gasteiger partial charge in [0.2, 0.25) is 5.91 Å². The number of hydrogen-bond donors (Lipinski definition) is 1. The molecular formula is C24H27N3O5. The molecule has 0 aliphatic carbocycles. The zero-order chi connectivity index (χ0) is 23.1. The number of amides is 2. The van der Waals surface area contributed by atoms with Crippen molar-refractivity contribution in [1.29, 1.82) is 0 Å². The largest absolute Gasteiger partial charge is 0.495 e. The van der Waals surface area contributed by atoms with Crippen LogP contribution in [0.1, 0.15) is 34.3 Å². The van der Waals surface area contributed by atoms with Crippen LogP contribution in [-0.4, -0.2) is 42.1 Å². The number of benzene rings is 2. The molecule has 0 spiro atoms. The molecule has 0 saturated carbocycles. The molecule has 2 aromatic carbocycles. The van der Waals surface area contributed by atoms with Gasteiger partial charge in [0.1, 0.15) is 30.4 Å². The van der Waals surface area contributed by atoms with Crippen LogP contribution in [0.3, 0.4) is 0 Å². The third-order valence-corrected chi connectivity index (χ3v) is 5.05. The van der Waals surface area contributed by atoms with E-state index in [1.165, 1.54) is 12.0 Å². The van der Waals surface area contributed by atoms with E-state index in [2.05, 4.69) is 10.5 Å². The third-order valence-electron chi connectivity index (χ3n) is 5.05. The van der Waals surface area contributed by atoms with Gasteiger partial charge in [-0.25, -0.2) is 0 Å². The number of nitrogens with one attached hydrogen (secondary N) is 1. The number of carbonyl (C=O) groups excluding carboxylic acids is 2. The van der Waals surface area contributed by atoms with Crippen LogP contribution >= 0.6 is 0 Å². The number of para-hydroxylation sites is 2. The molecule has 0 atom stereocenters. The quantitative estimate of drug-likeness (QED) is 0.544. The summed E-state index contributed by atoms with van der Waals surface area (Å²) in [7, 11) is 1.54. The molecule has 0 bridgehead atoms. The van der Waals surface area contributed by atoms with E-state index in [0.29, 0.717) is 35.9 Å². The molecule has 3 aromatic rings. The Bertz CT molecular complexity index is 1060. The summed E-state index contributed by atoms with van der Waals surface area (Å²) in [5.74, 6) is 1.37. The van der Waals surface area contributed by atoms with Crippen molar-refractivity contribution in [2.75, 3.05) is 25.5 Å². The molecule has 32 heavy (non-hydrogen) atoms. The normalized spacial score (nSPS) is 10.5. The Labute approximate surface area is 187 Å². The Kier molecular flexibility index (Phi) is 7.49. The minimum atomic E-state index is -0.302. The molecule has 2 amide bonds. The highest BCUT2D eigenvalue weighted by atomic mass is 16.5. The maximum atomic E-state index is 12.9. The molecule has 1 aromatic heterocycles. The second-order valence-electron chi connectivity index (χ2n) is 7.18. The minimum absolute atomic E-state index is 0.0717. The number of hydrogen-bond acceptors (Lipinski definition) is 6. The number of likely N-dealkylation sites (N-methyl/N-ethyl adjacent to an activating group) is 1. The first-order valence-corrected chi connectivity index (χ1v) is 10.3. The predicted molar refractivity (Wildman–Crippen MR) is 120 cm³/mol. The number of nitrogens with zero attached hydrogens (tertiary/aromatic N) is 2. The number of methoxy groups -OCH3 is 1. The molecule has 168 valence electrons. The van der Waals surface area contributed by atoms with Crippen LogP contribution in [0.5, 0.6) is 11.5 Å². The molecule has 0 unspecified atom stereocenters. The van der Waals surface area contributed by atoms with E-state index in [9.17, 15) is 9.59 Å². The van der Waals surface area contributed by atoms with Gasteiger partial charge in [-0.15, -0.1) is 0 Å². The second-order valence-corrected chi connectivity index (χ2v) is 7.18. The minimum Gasteiger partial charge on any atom is -0.495 e. The van der Waals surface area contributed by atoms with Crippen LogP contribution in [0.2, 0.25) is 0 Å². The number of ether oxygens (including phenoxy) is 2. The van der Waals surface area contributed by atoms with Gasteiger partial charge in [0, 0.05) is 12.1 Å². The fourth-order valence-electron chi connectivity index (χ4n) is 3.18. The first kappa shape index (κ1) is 22.9. The number of aryl methyl sites for hydroxylation is 2. The van der Waals surface area contributed by atoms with Crippen molar-refractivity contribution >= 4 is 17.5 Å². The van der Waals surface area contributed by atoms with Crippen LogP contribution in [-0.2, 0) is 11.4 Å². The lowest BCUT2D eigenvalue weighted by atomic mass is 10.2. The zero-order valence-electron chi connectivity index (χ0n) is 18.7. The highest BCUT2D eigenvalue weighted by Crippen LogP contribution is 2.23. The molecule has 1 N–H and O–H groups in total. The second kappa shape index (κ2) is 10.5. The highest BCUT2D eigenvalue weighted by molar-refractivity contribution is 5.99. The molecule has 3 rings (SSSR count). The van der Waals surface area contributed by atoms with E-state index < -0.39 is 0 Å². The summed E-state index contributed by atoms with van der Waals surface area (Å²) in [6.07, 6.45) is 0.